The van der Waals surface area contributed by atoms with Crippen molar-refractivity contribution in [2.24, 2.45) is 0 Å². The number of nitro groups is 1. The van der Waals surface area contributed by atoms with E-state index in [9.17, 15) is 10.1 Å². The van der Waals surface area contributed by atoms with E-state index in [0.717, 1.165) is 18.5 Å². The minimum atomic E-state index is -0.319. The Labute approximate surface area is 113 Å². The van der Waals surface area contributed by atoms with Gasteiger partial charge in [0.25, 0.3) is 5.69 Å². The molecule has 5 nitrogen and oxygen atoms in total. The zero-order valence-electron chi connectivity index (χ0n) is 11.3. The molecule has 1 aromatic carbocycles. The normalized spacial score (nSPS) is 20.4. The minimum Gasteiger partial charge on any atom is -0.314 e. The predicted octanol–water partition coefficient (Wildman–Crippen LogP) is 2.21. The van der Waals surface area contributed by atoms with E-state index in [4.69, 9.17) is 0 Å². The van der Waals surface area contributed by atoms with Crippen molar-refractivity contribution in [2.45, 2.75) is 44.8 Å². The molecular weight excluding hydrogens is 242 g/mol. The van der Waals surface area contributed by atoms with E-state index in [1.807, 2.05) is 12.1 Å². The molecule has 0 saturated carbocycles. The maximum atomic E-state index is 10.9. The molecule has 1 heterocycles. The predicted molar refractivity (Wildman–Crippen MR) is 75.0 cm³/mol. The second kappa shape index (κ2) is 6.63. The largest absolute Gasteiger partial charge is 0.314 e. The summed E-state index contributed by atoms with van der Waals surface area (Å²) in [7, 11) is 0. The summed E-state index contributed by atoms with van der Waals surface area (Å²) >= 11 is 0. The topological polar surface area (TPSA) is 67.2 Å². The molecule has 1 fully saturated rings. The lowest BCUT2D eigenvalue weighted by molar-refractivity contribution is -0.385. The number of nitrogens with zero attached hydrogens (tertiary/aromatic N) is 1. The van der Waals surface area contributed by atoms with Crippen molar-refractivity contribution in [3.8, 4) is 0 Å². The van der Waals surface area contributed by atoms with Gasteiger partial charge < -0.3 is 10.6 Å². The Morgan fingerprint density at radius 1 is 1.53 bits per heavy atom. The van der Waals surface area contributed by atoms with Gasteiger partial charge in [-0.1, -0.05) is 18.2 Å². The third-order valence-electron chi connectivity index (χ3n) is 3.63. The first-order valence-electron chi connectivity index (χ1n) is 6.86. The van der Waals surface area contributed by atoms with Gasteiger partial charge >= 0.3 is 0 Å². The second-order valence-corrected chi connectivity index (χ2v) is 5.20. The average molecular weight is 263 g/mol. The summed E-state index contributed by atoms with van der Waals surface area (Å²) in [5, 5.41) is 17.8. The molecule has 1 aliphatic rings. The maximum absolute atomic E-state index is 10.9. The van der Waals surface area contributed by atoms with Gasteiger partial charge in [-0.2, -0.15) is 0 Å². The highest BCUT2D eigenvalue weighted by atomic mass is 16.6. The van der Waals surface area contributed by atoms with Gasteiger partial charge in [-0.15, -0.1) is 0 Å². The van der Waals surface area contributed by atoms with Crippen LogP contribution in [0.25, 0.3) is 0 Å². The molecule has 2 atom stereocenters. The summed E-state index contributed by atoms with van der Waals surface area (Å²) in [5.41, 5.74) is 0.944. The van der Waals surface area contributed by atoms with Gasteiger partial charge in [0.2, 0.25) is 0 Å². The zero-order valence-corrected chi connectivity index (χ0v) is 11.3. The first-order valence-corrected chi connectivity index (χ1v) is 6.86. The van der Waals surface area contributed by atoms with E-state index in [1.54, 1.807) is 12.1 Å². The molecule has 0 aromatic heterocycles. The maximum Gasteiger partial charge on any atom is 0.273 e. The third-order valence-corrected chi connectivity index (χ3v) is 3.63. The van der Waals surface area contributed by atoms with Crippen LogP contribution < -0.4 is 10.6 Å². The number of para-hydroxylation sites is 1. The molecule has 0 radical (unpaired) electrons. The number of hydrogen-bond donors (Lipinski definition) is 2. The number of rotatable bonds is 6. The van der Waals surface area contributed by atoms with E-state index in [1.165, 1.54) is 12.8 Å². The van der Waals surface area contributed by atoms with Crippen molar-refractivity contribution in [1.82, 2.24) is 10.6 Å². The van der Waals surface area contributed by atoms with Crippen LogP contribution in [0, 0.1) is 10.1 Å². The van der Waals surface area contributed by atoms with Crippen molar-refractivity contribution in [1.29, 1.82) is 0 Å². The van der Waals surface area contributed by atoms with E-state index >= 15 is 0 Å². The fourth-order valence-corrected chi connectivity index (χ4v) is 2.59. The molecule has 0 spiro atoms. The smallest absolute Gasteiger partial charge is 0.273 e. The Morgan fingerprint density at radius 3 is 3.00 bits per heavy atom. The van der Waals surface area contributed by atoms with Crippen LogP contribution in [0.2, 0.25) is 0 Å². The van der Waals surface area contributed by atoms with Gasteiger partial charge in [0.1, 0.15) is 0 Å². The van der Waals surface area contributed by atoms with Crippen LogP contribution in [0.1, 0.15) is 31.7 Å². The number of nitrogens with one attached hydrogen (secondary N) is 2. The lowest BCUT2D eigenvalue weighted by atomic mass is 10.1. The van der Waals surface area contributed by atoms with Crippen LogP contribution in [-0.2, 0) is 6.54 Å². The quantitative estimate of drug-likeness (QED) is 0.610. The van der Waals surface area contributed by atoms with E-state index in [0.29, 0.717) is 18.6 Å². The molecule has 19 heavy (non-hydrogen) atoms. The zero-order chi connectivity index (χ0) is 13.7. The van der Waals surface area contributed by atoms with Crippen LogP contribution in [0.15, 0.2) is 24.3 Å². The van der Waals surface area contributed by atoms with Crippen molar-refractivity contribution in [2.75, 3.05) is 6.54 Å². The Hall–Kier alpha value is -1.46. The molecular formula is C14H21N3O2. The number of nitro benzene ring substituents is 1. The molecule has 1 aliphatic heterocycles. The fourth-order valence-electron chi connectivity index (χ4n) is 2.59. The van der Waals surface area contributed by atoms with Gasteiger partial charge in [0.15, 0.2) is 0 Å². The van der Waals surface area contributed by atoms with Gasteiger partial charge in [-0.05, 0) is 32.7 Å². The highest BCUT2D eigenvalue weighted by Gasteiger charge is 2.18. The standard InChI is InChI=1S/C14H21N3O2/c1-11(9-13-6-4-8-15-13)16-10-12-5-2-3-7-14(12)17(18)19/h2-3,5,7,11,13,15-16H,4,6,8-10H2,1H3. The van der Waals surface area contributed by atoms with Gasteiger partial charge in [-0.3, -0.25) is 10.1 Å². The molecule has 0 bridgehead atoms. The van der Waals surface area contributed by atoms with Crippen molar-refractivity contribution >= 4 is 5.69 Å². The first kappa shape index (κ1) is 14.0. The summed E-state index contributed by atoms with van der Waals surface area (Å²) in [6, 6.07) is 7.86. The average Bonchev–Trinajstić information content (AvgIpc) is 2.89. The van der Waals surface area contributed by atoms with E-state index in [2.05, 4.69) is 17.6 Å². The summed E-state index contributed by atoms with van der Waals surface area (Å²) in [4.78, 5) is 10.6. The highest BCUT2D eigenvalue weighted by Crippen LogP contribution is 2.18. The lowest BCUT2D eigenvalue weighted by Crippen LogP contribution is -2.33. The van der Waals surface area contributed by atoms with Crippen molar-refractivity contribution < 1.29 is 4.92 Å². The SMILES string of the molecule is CC(CC1CCCN1)NCc1ccccc1[N+](=O)[O-]. The monoisotopic (exact) mass is 263 g/mol. The molecule has 2 N–H and O–H groups in total. The molecule has 5 heteroatoms. The Morgan fingerprint density at radius 2 is 2.32 bits per heavy atom. The molecule has 0 aliphatic carbocycles. The summed E-state index contributed by atoms with van der Waals surface area (Å²) in [5.74, 6) is 0. The molecule has 0 amide bonds. The Balaban J connectivity index is 1.85. The molecule has 104 valence electrons. The molecule has 2 rings (SSSR count). The number of benzene rings is 1. The van der Waals surface area contributed by atoms with Gasteiger partial charge in [0, 0.05) is 30.3 Å². The summed E-state index contributed by atoms with van der Waals surface area (Å²) in [6.45, 7) is 3.79. The lowest BCUT2D eigenvalue weighted by Gasteiger charge is -2.18. The minimum absolute atomic E-state index is 0.196. The van der Waals surface area contributed by atoms with Crippen LogP contribution >= 0.6 is 0 Å². The van der Waals surface area contributed by atoms with E-state index in [-0.39, 0.29) is 10.6 Å². The van der Waals surface area contributed by atoms with Crippen LogP contribution in [-0.4, -0.2) is 23.6 Å². The first-order chi connectivity index (χ1) is 9.16. The highest BCUT2D eigenvalue weighted by molar-refractivity contribution is 5.39. The Bertz CT molecular complexity index is 430. The second-order valence-electron chi connectivity index (χ2n) is 5.20. The Kier molecular flexibility index (Phi) is 4.87. The number of hydrogen-bond acceptors (Lipinski definition) is 4. The molecule has 1 saturated heterocycles. The van der Waals surface area contributed by atoms with Gasteiger partial charge in [0.05, 0.1) is 4.92 Å². The third kappa shape index (κ3) is 4.01. The van der Waals surface area contributed by atoms with Gasteiger partial charge in [-0.25, -0.2) is 0 Å². The van der Waals surface area contributed by atoms with E-state index < -0.39 is 0 Å². The fraction of sp³-hybridized carbons (Fsp3) is 0.571. The molecule has 2 unspecified atom stereocenters. The van der Waals surface area contributed by atoms with Crippen LogP contribution in [0.4, 0.5) is 5.69 Å². The molecule has 1 aromatic rings. The summed E-state index contributed by atoms with van der Waals surface area (Å²) < 4.78 is 0. The summed E-state index contributed by atoms with van der Waals surface area (Å²) in [6.07, 6.45) is 3.56. The van der Waals surface area contributed by atoms with Crippen LogP contribution in [0.5, 0.6) is 0 Å². The van der Waals surface area contributed by atoms with Crippen molar-refractivity contribution in [3.05, 3.63) is 39.9 Å². The van der Waals surface area contributed by atoms with Crippen molar-refractivity contribution in [3.63, 3.8) is 0 Å². The van der Waals surface area contributed by atoms with Crippen LogP contribution in [0.3, 0.4) is 0 Å².